The summed E-state index contributed by atoms with van der Waals surface area (Å²) in [4.78, 5) is 27.2. The van der Waals surface area contributed by atoms with Crippen molar-refractivity contribution >= 4 is 11.9 Å². The zero-order chi connectivity index (χ0) is 24.1. The first-order valence-electron chi connectivity index (χ1n) is 11.6. The number of hydrogen-bond acceptors (Lipinski definition) is 4. The summed E-state index contributed by atoms with van der Waals surface area (Å²) in [5.41, 5.74) is 1.10. The van der Waals surface area contributed by atoms with Gasteiger partial charge in [-0.3, -0.25) is 9.69 Å². The molecule has 1 saturated heterocycles. The Morgan fingerprint density at radius 2 is 1.71 bits per heavy atom. The molecule has 3 aliphatic rings. The average molecular weight is 473 g/mol. The van der Waals surface area contributed by atoms with Crippen molar-refractivity contribution in [1.82, 2.24) is 10.2 Å². The van der Waals surface area contributed by atoms with Gasteiger partial charge in [0, 0.05) is 13.1 Å². The van der Waals surface area contributed by atoms with E-state index in [-0.39, 0.29) is 11.9 Å². The molecule has 0 aromatic heterocycles. The second kappa shape index (κ2) is 8.41. The summed E-state index contributed by atoms with van der Waals surface area (Å²) in [6.45, 7) is 1.23. The Bertz CT molecular complexity index is 1080. The molecule has 1 N–H and O–H groups in total. The van der Waals surface area contributed by atoms with Crippen molar-refractivity contribution in [3.05, 3.63) is 70.8 Å². The lowest BCUT2D eigenvalue weighted by atomic mass is 9.98. The number of rotatable bonds is 6. The van der Waals surface area contributed by atoms with Gasteiger partial charge in [-0.15, -0.1) is 0 Å². The van der Waals surface area contributed by atoms with Crippen LogP contribution in [-0.4, -0.2) is 36.5 Å². The van der Waals surface area contributed by atoms with E-state index in [4.69, 9.17) is 4.74 Å². The molecule has 2 aromatic rings. The fraction of sp³-hybridized carbons (Fsp3) is 0.462. The molecule has 1 aliphatic heterocycles. The molecule has 1 heterocycles. The number of esters is 1. The predicted molar refractivity (Wildman–Crippen MR) is 119 cm³/mol. The number of halogens is 3. The largest absolute Gasteiger partial charge is 0.465 e. The first kappa shape index (κ1) is 22.9. The normalized spacial score (nSPS) is 25.2. The number of ether oxygens (including phenoxy) is 1. The lowest BCUT2D eigenvalue weighted by Gasteiger charge is -2.35. The van der Waals surface area contributed by atoms with Gasteiger partial charge in [-0.1, -0.05) is 24.3 Å². The van der Waals surface area contributed by atoms with Crippen LogP contribution in [0.1, 0.15) is 52.7 Å². The second-order valence-electron chi connectivity index (χ2n) is 9.77. The molecule has 5 nitrogen and oxygen atoms in total. The van der Waals surface area contributed by atoms with Gasteiger partial charge < -0.3 is 10.1 Å². The third kappa shape index (κ3) is 4.56. The number of benzene rings is 2. The molecule has 180 valence electrons. The van der Waals surface area contributed by atoms with E-state index >= 15 is 0 Å². The highest BCUT2D eigenvalue weighted by molar-refractivity contribution is 5.89. The highest BCUT2D eigenvalue weighted by atomic mass is 19.4. The number of fused-ring (bicyclic) bond motifs is 1. The minimum absolute atomic E-state index is 0.0354. The van der Waals surface area contributed by atoms with Gasteiger partial charge in [0.25, 0.3) is 0 Å². The van der Waals surface area contributed by atoms with Crippen LogP contribution in [0.25, 0.3) is 0 Å². The maximum absolute atomic E-state index is 13.4. The van der Waals surface area contributed by atoms with Gasteiger partial charge >= 0.3 is 12.1 Å². The predicted octanol–water partition coefficient (Wildman–Crippen LogP) is 4.51. The molecule has 3 atom stereocenters. The molecule has 0 spiro atoms. The number of carbonyl (C=O) groups excluding carboxylic acids is 2. The van der Waals surface area contributed by atoms with E-state index in [0.29, 0.717) is 23.9 Å². The molecular weight excluding hydrogens is 445 g/mol. The van der Waals surface area contributed by atoms with E-state index in [0.717, 1.165) is 55.5 Å². The summed E-state index contributed by atoms with van der Waals surface area (Å²) in [6.07, 6.45) is -0.829. The Kier molecular flexibility index (Phi) is 5.67. The third-order valence-electron chi connectivity index (χ3n) is 7.45. The molecule has 5 rings (SSSR count). The number of likely N-dealkylation sites (tertiary alicyclic amines) is 1. The molecule has 3 fully saturated rings. The summed E-state index contributed by atoms with van der Waals surface area (Å²) < 4.78 is 43.4. The number of amides is 1. The fourth-order valence-electron chi connectivity index (χ4n) is 5.14. The zero-order valence-electron chi connectivity index (χ0n) is 18.9. The topological polar surface area (TPSA) is 58.6 Å². The Morgan fingerprint density at radius 3 is 2.29 bits per heavy atom. The smallest absolute Gasteiger partial charge is 0.416 e. The quantitative estimate of drug-likeness (QED) is 0.629. The van der Waals surface area contributed by atoms with Crippen molar-refractivity contribution in [2.24, 2.45) is 11.8 Å². The molecule has 34 heavy (non-hydrogen) atoms. The van der Waals surface area contributed by atoms with E-state index in [9.17, 15) is 22.8 Å². The van der Waals surface area contributed by atoms with Crippen LogP contribution in [0, 0.1) is 11.8 Å². The molecule has 8 heteroatoms. The maximum Gasteiger partial charge on any atom is 0.416 e. The Balaban J connectivity index is 1.28. The van der Waals surface area contributed by atoms with Crippen LogP contribution in [-0.2, 0) is 27.8 Å². The van der Waals surface area contributed by atoms with Gasteiger partial charge in [-0.2, -0.15) is 13.2 Å². The van der Waals surface area contributed by atoms with Crippen LogP contribution < -0.4 is 5.32 Å². The van der Waals surface area contributed by atoms with Crippen LogP contribution in [0.5, 0.6) is 0 Å². The molecule has 2 aromatic carbocycles. The molecule has 2 saturated carbocycles. The van der Waals surface area contributed by atoms with Crippen molar-refractivity contribution in [1.29, 1.82) is 0 Å². The molecule has 3 unspecified atom stereocenters. The first-order valence-corrected chi connectivity index (χ1v) is 11.6. The molecule has 2 aliphatic carbocycles. The Hall–Kier alpha value is -2.87. The SMILES string of the molecule is COC(=O)c1ccc(C2(NC(=O)C3CC4CC4CN3Cc3ccc(C(F)(F)F)cc3)CC2)cc1. The number of nitrogens with one attached hydrogen (secondary N) is 1. The fourth-order valence-corrected chi connectivity index (χ4v) is 5.14. The molecule has 0 bridgehead atoms. The monoisotopic (exact) mass is 472 g/mol. The van der Waals surface area contributed by atoms with E-state index in [2.05, 4.69) is 10.2 Å². The molecular formula is C26H27F3N2O3. The summed E-state index contributed by atoms with van der Waals surface area (Å²) >= 11 is 0. The minimum Gasteiger partial charge on any atom is -0.465 e. The van der Waals surface area contributed by atoms with Gasteiger partial charge in [0.2, 0.25) is 5.91 Å². The third-order valence-corrected chi connectivity index (χ3v) is 7.45. The minimum atomic E-state index is -4.36. The summed E-state index contributed by atoms with van der Waals surface area (Å²) in [7, 11) is 1.34. The summed E-state index contributed by atoms with van der Waals surface area (Å²) in [5.74, 6) is 0.681. The number of methoxy groups -OCH3 is 1. The van der Waals surface area contributed by atoms with E-state index < -0.39 is 23.2 Å². The first-order chi connectivity index (χ1) is 16.2. The number of alkyl halides is 3. The van der Waals surface area contributed by atoms with Crippen LogP contribution in [0.3, 0.4) is 0 Å². The number of nitrogens with zero attached hydrogens (tertiary/aromatic N) is 1. The number of hydrogen-bond donors (Lipinski definition) is 1. The van der Waals surface area contributed by atoms with Crippen molar-refractivity contribution in [2.45, 2.75) is 50.0 Å². The van der Waals surface area contributed by atoms with Gasteiger partial charge in [-0.25, -0.2) is 4.79 Å². The van der Waals surface area contributed by atoms with Crippen LogP contribution in [0.4, 0.5) is 13.2 Å². The van der Waals surface area contributed by atoms with Gasteiger partial charge in [0.05, 0.1) is 29.8 Å². The van der Waals surface area contributed by atoms with Gasteiger partial charge in [0.15, 0.2) is 0 Å². The Morgan fingerprint density at radius 1 is 1.03 bits per heavy atom. The van der Waals surface area contributed by atoms with Gasteiger partial charge in [0.1, 0.15) is 0 Å². The summed E-state index contributed by atoms with van der Waals surface area (Å²) in [6, 6.07) is 12.0. The average Bonchev–Trinajstić information content (AvgIpc) is 3.74. The van der Waals surface area contributed by atoms with E-state index in [1.54, 1.807) is 12.1 Å². The van der Waals surface area contributed by atoms with Crippen molar-refractivity contribution in [3.63, 3.8) is 0 Å². The molecule has 1 amide bonds. The zero-order valence-corrected chi connectivity index (χ0v) is 18.9. The molecule has 0 radical (unpaired) electrons. The summed E-state index contributed by atoms with van der Waals surface area (Å²) in [5, 5.41) is 3.25. The van der Waals surface area contributed by atoms with E-state index in [1.807, 2.05) is 12.1 Å². The van der Waals surface area contributed by atoms with Crippen molar-refractivity contribution < 1.29 is 27.5 Å². The number of piperidine rings is 1. The maximum atomic E-state index is 13.4. The van der Waals surface area contributed by atoms with Gasteiger partial charge in [-0.05, 0) is 72.9 Å². The van der Waals surface area contributed by atoms with Crippen LogP contribution in [0.2, 0.25) is 0 Å². The second-order valence-corrected chi connectivity index (χ2v) is 9.77. The lowest BCUT2D eigenvalue weighted by Crippen LogP contribution is -2.52. The van der Waals surface area contributed by atoms with E-state index in [1.165, 1.54) is 19.2 Å². The lowest BCUT2D eigenvalue weighted by molar-refractivity contribution is -0.137. The van der Waals surface area contributed by atoms with Crippen molar-refractivity contribution in [3.8, 4) is 0 Å². The highest BCUT2D eigenvalue weighted by Gasteiger charge is 2.51. The highest BCUT2D eigenvalue weighted by Crippen LogP contribution is 2.49. The standard InChI is InChI=1S/C26H27F3N2O3/c1-34-24(33)17-4-8-20(9-5-17)25(10-11-25)30-23(32)22-13-18-12-19(18)15-31(22)14-16-2-6-21(7-3-16)26(27,28)29/h2-9,18-19,22H,10-15H2,1H3,(H,30,32). The van der Waals surface area contributed by atoms with Crippen LogP contribution in [0.15, 0.2) is 48.5 Å². The van der Waals surface area contributed by atoms with Crippen LogP contribution >= 0.6 is 0 Å². The van der Waals surface area contributed by atoms with Crippen molar-refractivity contribution in [2.75, 3.05) is 13.7 Å². The Labute approximate surface area is 196 Å². The number of carbonyl (C=O) groups is 2.